The number of rotatable bonds is 3. The Morgan fingerprint density at radius 3 is 2.38 bits per heavy atom. The molecule has 2 aliphatic heterocycles. The Hall–Kier alpha value is -0.130. The van der Waals surface area contributed by atoms with Crippen molar-refractivity contribution in [3.05, 3.63) is 0 Å². The van der Waals surface area contributed by atoms with Crippen molar-refractivity contribution < 1.29 is 13.5 Å². The van der Waals surface area contributed by atoms with Gasteiger partial charge in [-0.1, -0.05) is 12.8 Å². The molecule has 0 aromatic carbocycles. The van der Waals surface area contributed by atoms with E-state index in [1.165, 1.54) is 32.1 Å². The highest BCUT2D eigenvalue weighted by atomic mass is 32.2. The van der Waals surface area contributed by atoms with Gasteiger partial charge in [0.05, 0.1) is 17.6 Å². The van der Waals surface area contributed by atoms with Crippen LogP contribution in [-0.2, 0) is 9.84 Å². The van der Waals surface area contributed by atoms with Crippen molar-refractivity contribution in [1.29, 1.82) is 0 Å². The summed E-state index contributed by atoms with van der Waals surface area (Å²) in [5, 5.41) is 10.3. The topological polar surface area (TPSA) is 57.6 Å². The summed E-state index contributed by atoms with van der Waals surface area (Å²) in [6.45, 7) is 2.18. The van der Waals surface area contributed by atoms with Gasteiger partial charge in [-0.15, -0.1) is 0 Å². The monoisotopic (exact) mass is 315 g/mol. The van der Waals surface area contributed by atoms with Gasteiger partial charge in [0.25, 0.3) is 0 Å². The van der Waals surface area contributed by atoms with Crippen LogP contribution in [0, 0.1) is 11.8 Å². The average molecular weight is 315 g/mol. The third kappa shape index (κ3) is 3.80. The van der Waals surface area contributed by atoms with Gasteiger partial charge in [0.2, 0.25) is 0 Å². The molecule has 3 aliphatic rings. The lowest BCUT2D eigenvalue weighted by atomic mass is 9.80. The largest absolute Gasteiger partial charge is 0.393 e. The van der Waals surface area contributed by atoms with Crippen molar-refractivity contribution in [3.8, 4) is 0 Å². The molecule has 2 saturated heterocycles. The first-order valence-corrected chi connectivity index (χ1v) is 10.5. The molecule has 1 N–H and O–H groups in total. The van der Waals surface area contributed by atoms with Crippen LogP contribution in [-0.4, -0.2) is 55.2 Å². The number of sulfone groups is 1. The van der Waals surface area contributed by atoms with Crippen molar-refractivity contribution in [1.82, 2.24) is 4.90 Å². The first-order chi connectivity index (χ1) is 10.1. The Morgan fingerprint density at radius 1 is 0.952 bits per heavy atom. The number of aliphatic hydroxyl groups excluding tert-OH is 1. The van der Waals surface area contributed by atoms with Gasteiger partial charge in [0.1, 0.15) is 9.84 Å². The zero-order valence-electron chi connectivity index (χ0n) is 12.9. The van der Waals surface area contributed by atoms with E-state index in [9.17, 15) is 13.5 Å². The molecule has 5 heteroatoms. The van der Waals surface area contributed by atoms with E-state index in [-0.39, 0.29) is 6.10 Å². The van der Waals surface area contributed by atoms with Gasteiger partial charge in [0, 0.05) is 18.5 Å². The summed E-state index contributed by atoms with van der Waals surface area (Å²) in [6.07, 6.45) is 8.57. The molecule has 1 saturated carbocycles. The third-order valence-electron chi connectivity index (χ3n) is 5.86. The second kappa shape index (κ2) is 6.55. The molecule has 21 heavy (non-hydrogen) atoms. The molecule has 0 spiro atoms. The fourth-order valence-corrected chi connectivity index (χ4v) is 6.19. The molecule has 3 rings (SSSR count). The van der Waals surface area contributed by atoms with Crippen LogP contribution in [0.3, 0.4) is 0 Å². The lowest BCUT2D eigenvalue weighted by Gasteiger charge is -2.39. The zero-order chi connectivity index (χ0) is 14.9. The summed E-state index contributed by atoms with van der Waals surface area (Å²) in [5.41, 5.74) is 0. The predicted molar refractivity (Wildman–Crippen MR) is 83.9 cm³/mol. The standard InChI is InChI=1S/C16H29NO3S/c18-16-6-2-1-4-14(16)15-5-3-9-17(15)12-13-7-10-21(19,20)11-8-13/h13-16,18H,1-12H2/t14-,15-,16-/m1/s1. The average Bonchev–Trinajstić information content (AvgIpc) is 2.90. The highest BCUT2D eigenvalue weighted by Crippen LogP contribution is 2.35. The summed E-state index contributed by atoms with van der Waals surface area (Å²) in [6, 6.07) is 0.541. The van der Waals surface area contributed by atoms with Crippen LogP contribution in [0.2, 0.25) is 0 Å². The zero-order valence-corrected chi connectivity index (χ0v) is 13.7. The maximum Gasteiger partial charge on any atom is 0.150 e. The lowest BCUT2D eigenvalue weighted by Crippen LogP contribution is -2.45. The summed E-state index contributed by atoms with van der Waals surface area (Å²) in [7, 11) is -2.75. The number of likely N-dealkylation sites (tertiary alicyclic amines) is 1. The van der Waals surface area contributed by atoms with Crippen molar-refractivity contribution in [2.24, 2.45) is 11.8 Å². The molecule has 2 heterocycles. The Bertz CT molecular complexity index is 436. The molecular formula is C16H29NO3S. The van der Waals surface area contributed by atoms with E-state index < -0.39 is 9.84 Å². The van der Waals surface area contributed by atoms with E-state index >= 15 is 0 Å². The van der Waals surface area contributed by atoms with E-state index in [0.717, 1.165) is 32.4 Å². The first-order valence-electron chi connectivity index (χ1n) is 8.68. The second-order valence-electron chi connectivity index (χ2n) is 7.32. The molecule has 0 aromatic heterocycles. The van der Waals surface area contributed by atoms with Crippen molar-refractivity contribution in [3.63, 3.8) is 0 Å². The minimum atomic E-state index is -2.75. The molecule has 3 atom stereocenters. The first kappa shape index (κ1) is 15.8. The van der Waals surface area contributed by atoms with Crippen molar-refractivity contribution >= 4 is 9.84 Å². The molecule has 0 unspecified atom stereocenters. The Kier molecular flexibility index (Phi) is 4.91. The van der Waals surface area contributed by atoms with Crippen LogP contribution >= 0.6 is 0 Å². The minimum absolute atomic E-state index is 0.115. The van der Waals surface area contributed by atoms with E-state index in [0.29, 0.717) is 29.4 Å². The molecule has 4 nitrogen and oxygen atoms in total. The van der Waals surface area contributed by atoms with Gasteiger partial charge in [0.15, 0.2) is 0 Å². The van der Waals surface area contributed by atoms with E-state index in [1.54, 1.807) is 0 Å². The van der Waals surface area contributed by atoms with Crippen LogP contribution in [0.15, 0.2) is 0 Å². The van der Waals surface area contributed by atoms with Crippen molar-refractivity contribution in [2.75, 3.05) is 24.6 Å². The number of aliphatic hydroxyl groups is 1. The van der Waals surface area contributed by atoms with Crippen LogP contribution in [0.1, 0.15) is 51.4 Å². The minimum Gasteiger partial charge on any atom is -0.393 e. The molecule has 1 aliphatic carbocycles. The van der Waals surface area contributed by atoms with Gasteiger partial charge >= 0.3 is 0 Å². The smallest absolute Gasteiger partial charge is 0.150 e. The summed E-state index contributed by atoms with van der Waals surface area (Å²) in [5.74, 6) is 1.74. The van der Waals surface area contributed by atoms with Gasteiger partial charge < -0.3 is 5.11 Å². The van der Waals surface area contributed by atoms with E-state index in [2.05, 4.69) is 4.90 Å². The number of hydrogen-bond donors (Lipinski definition) is 1. The van der Waals surface area contributed by atoms with Gasteiger partial charge in [-0.2, -0.15) is 0 Å². The molecule has 0 amide bonds. The number of nitrogens with zero attached hydrogens (tertiary/aromatic N) is 1. The van der Waals surface area contributed by atoms with Gasteiger partial charge in [-0.3, -0.25) is 4.90 Å². The quantitative estimate of drug-likeness (QED) is 0.863. The van der Waals surface area contributed by atoms with Gasteiger partial charge in [-0.05, 0) is 51.0 Å². The Balaban J connectivity index is 1.57. The SMILES string of the molecule is O=S1(=O)CCC(CN2CCC[C@@H]2[C@H]2CCCC[C@H]2O)CC1. The fraction of sp³-hybridized carbons (Fsp3) is 1.00. The molecule has 3 fully saturated rings. The summed E-state index contributed by atoms with van der Waals surface area (Å²) >= 11 is 0. The van der Waals surface area contributed by atoms with E-state index in [1.807, 2.05) is 0 Å². The van der Waals surface area contributed by atoms with Crippen LogP contribution in [0.4, 0.5) is 0 Å². The molecule has 0 radical (unpaired) electrons. The molecular weight excluding hydrogens is 286 g/mol. The van der Waals surface area contributed by atoms with E-state index in [4.69, 9.17) is 0 Å². The van der Waals surface area contributed by atoms with Gasteiger partial charge in [-0.25, -0.2) is 8.42 Å². The maximum atomic E-state index is 11.5. The maximum absolute atomic E-state index is 11.5. The Labute approximate surface area is 128 Å². The normalized spacial score (nSPS) is 38.6. The third-order valence-corrected chi connectivity index (χ3v) is 7.57. The second-order valence-corrected chi connectivity index (χ2v) is 9.62. The summed E-state index contributed by atoms with van der Waals surface area (Å²) < 4.78 is 23.1. The van der Waals surface area contributed by atoms with Crippen LogP contribution in [0.5, 0.6) is 0 Å². The summed E-state index contributed by atoms with van der Waals surface area (Å²) in [4.78, 5) is 2.57. The number of hydrogen-bond acceptors (Lipinski definition) is 4. The lowest BCUT2D eigenvalue weighted by molar-refractivity contribution is 0.0180. The fourth-order valence-electron chi connectivity index (χ4n) is 4.61. The van der Waals surface area contributed by atoms with Crippen LogP contribution in [0.25, 0.3) is 0 Å². The highest BCUT2D eigenvalue weighted by molar-refractivity contribution is 7.91. The molecule has 122 valence electrons. The Morgan fingerprint density at radius 2 is 1.67 bits per heavy atom. The highest BCUT2D eigenvalue weighted by Gasteiger charge is 2.38. The van der Waals surface area contributed by atoms with Crippen LogP contribution < -0.4 is 0 Å². The van der Waals surface area contributed by atoms with Crippen molar-refractivity contribution in [2.45, 2.75) is 63.5 Å². The predicted octanol–water partition coefficient (Wildman–Crippen LogP) is 1.83. The molecule has 0 aromatic rings. The molecule has 0 bridgehead atoms.